The van der Waals surface area contributed by atoms with E-state index in [1.807, 2.05) is 4.90 Å². The van der Waals surface area contributed by atoms with Crippen LogP contribution in [0.2, 0.25) is 5.02 Å². The van der Waals surface area contributed by atoms with Gasteiger partial charge in [0.1, 0.15) is 5.82 Å². The smallest absolute Gasteiger partial charge is 0.320 e. The second-order valence-corrected chi connectivity index (χ2v) is 12.7. The summed E-state index contributed by atoms with van der Waals surface area (Å²) in [5.41, 5.74) is 3.64. The van der Waals surface area contributed by atoms with Gasteiger partial charge in [-0.1, -0.05) is 49.7 Å². The Morgan fingerprint density at radius 3 is 2.42 bits per heavy atom. The van der Waals surface area contributed by atoms with Crippen molar-refractivity contribution >= 4 is 23.3 Å². The first-order valence-electron chi connectivity index (χ1n) is 15.2. The van der Waals surface area contributed by atoms with Gasteiger partial charge >= 0.3 is 6.03 Å². The maximum atomic E-state index is 13.7. The molecule has 2 saturated carbocycles. The minimum atomic E-state index is -0.487. The van der Waals surface area contributed by atoms with Gasteiger partial charge in [0.25, 0.3) is 0 Å². The fourth-order valence-electron chi connectivity index (χ4n) is 6.89. The van der Waals surface area contributed by atoms with E-state index >= 15 is 0 Å². The summed E-state index contributed by atoms with van der Waals surface area (Å²) in [4.78, 5) is 20.6. The molecule has 0 spiro atoms. The number of hydrogen-bond donors (Lipinski definition) is 1. The number of amides is 2. The molecule has 2 aromatic rings. The first kappa shape index (κ1) is 30.8. The predicted molar refractivity (Wildman–Crippen MR) is 165 cm³/mol. The molecular formula is C33H48ClFN4O. The summed E-state index contributed by atoms with van der Waals surface area (Å²) in [7, 11) is 0. The highest BCUT2D eigenvalue weighted by Crippen LogP contribution is 2.63. The Morgan fingerprint density at radius 2 is 1.80 bits per heavy atom. The zero-order chi connectivity index (χ0) is 29.0. The van der Waals surface area contributed by atoms with Gasteiger partial charge in [0.05, 0.1) is 5.02 Å². The summed E-state index contributed by atoms with van der Waals surface area (Å²) in [5.74, 6) is 0.108. The summed E-state index contributed by atoms with van der Waals surface area (Å²) in [6, 6.07) is 14.4. The lowest BCUT2D eigenvalue weighted by Gasteiger charge is -2.39. The number of carbonyl (C=O) groups excluding carboxylic acids is 1. The molecule has 0 aromatic heterocycles. The third-order valence-electron chi connectivity index (χ3n) is 9.31. The van der Waals surface area contributed by atoms with E-state index in [4.69, 9.17) is 11.6 Å². The Balaban J connectivity index is 1.49. The molecule has 40 heavy (non-hydrogen) atoms. The summed E-state index contributed by atoms with van der Waals surface area (Å²) >= 11 is 6.00. The number of rotatable bonds is 12. The molecule has 2 aromatic carbocycles. The van der Waals surface area contributed by atoms with Gasteiger partial charge < -0.3 is 10.2 Å². The van der Waals surface area contributed by atoms with Crippen molar-refractivity contribution in [3.63, 3.8) is 0 Å². The van der Waals surface area contributed by atoms with Crippen LogP contribution in [-0.2, 0) is 12.0 Å². The zero-order valence-electron chi connectivity index (χ0n) is 25.2. The number of hydrogen-bond acceptors (Lipinski definition) is 3. The van der Waals surface area contributed by atoms with Gasteiger partial charge in [-0.25, -0.2) is 9.18 Å². The maximum Gasteiger partial charge on any atom is 0.322 e. The van der Waals surface area contributed by atoms with Crippen LogP contribution in [0.25, 0.3) is 0 Å². The molecule has 0 heterocycles. The Kier molecular flexibility index (Phi) is 10.2. The summed E-state index contributed by atoms with van der Waals surface area (Å²) in [6.07, 6.45) is 4.30. The molecule has 2 aliphatic rings. The zero-order valence-corrected chi connectivity index (χ0v) is 26.0. The fourth-order valence-corrected chi connectivity index (χ4v) is 7.07. The largest absolute Gasteiger partial charge is 0.322 e. The first-order chi connectivity index (χ1) is 19.1. The normalized spacial score (nSPS) is 22.2. The lowest BCUT2D eigenvalue weighted by molar-refractivity contribution is 0.120. The average molecular weight is 571 g/mol. The van der Waals surface area contributed by atoms with Crippen molar-refractivity contribution < 1.29 is 9.18 Å². The second-order valence-electron chi connectivity index (χ2n) is 12.3. The Hall–Kier alpha value is -2.15. The number of halogens is 2. The number of urea groups is 1. The number of nitrogens with one attached hydrogen (secondary N) is 1. The van der Waals surface area contributed by atoms with Crippen LogP contribution in [0.4, 0.5) is 14.9 Å². The lowest BCUT2D eigenvalue weighted by Crippen LogP contribution is -2.50. The second kappa shape index (κ2) is 13.2. The Bertz CT molecular complexity index is 1150. The Labute approximate surface area is 246 Å². The maximum absolute atomic E-state index is 13.7. The quantitative estimate of drug-likeness (QED) is 0.283. The highest BCUT2D eigenvalue weighted by molar-refractivity contribution is 6.31. The van der Waals surface area contributed by atoms with Crippen LogP contribution < -0.4 is 5.32 Å². The van der Waals surface area contributed by atoms with Crippen molar-refractivity contribution in [1.29, 1.82) is 0 Å². The third-order valence-corrected chi connectivity index (χ3v) is 9.60. The monoisotopic (exact) mass is 570 g/mol. The van der Waals surface area contributed by atoms with E-state index in [0.717, 1.165) is 45.4 Å². The van der Waals surface area contributed by atoms with E-state index < -0.39 is 5.82 Å². The van der Waals surface area contributed by atoms with Gasteiger partial charge in [0.15, 0.2) is 0 Å². The molecule has 0 bridgehead atoms. The van der Waals surface area contributed by atoms with Crippen LogP contribution in [0.3, 0.4) is 0 Å². The van der Waals surface area contributed by atoms with Crippen molar-refractivity contribution in [3.8, 4) is 0 Å². The highest BCUT2D eigenvalue weighted by atomic mass is 35.5. The summed E-state index contributed by atoms with van der Waals surface area (Å²) < 4.78 is 13.7. The number of benzene rings is 2. The standard InChI is InChI=1S/C33H48ClFN4O/c1-7-37(8-2)22-25-10-9-11-26(18-25)33-15-14-29(19-27(33)21-33)39(17-16-38(23(3)4)24(5)6)32(40)36-28-12-13-31(35)30(34)20-28/h9-13,18,20,23-24,27,29H,7-8,14-17,19,21-22H2,1-6H3,(H,36,40)/t27?,29?,33-/m1/s1. The van der Waals surface area contributed by atoms with Crippen LogP contribution in [0, 0.1) is 11.7 Å². The molecule has 0 saturated heterocycles. The molecule has 2 fully saturated rings. The van der Waals surface area contributed by atoms with E-state index in [1.54, 1.807) is 6.07 Å². The van der Waals surface area contributed by atoms with E-state index in [9.17, 15) is 9.18 Å². The van der Waals surface area contributed by atoms with Crippen LogP contribution in [0.1, 0.15) is 78.4 Å². The van der Waals surface area contributed by atoms with Gasteiger partial charge in [-0.3, -0.25) is 9.80 Å². The number of nitrogens with zero attached hydrogens (tertiary/aromatic N) is 3. The van der Waals surface area contributed by atoms with Gasteiger partial charge in [0.2, 0.25) is 0 Å². The van der Waals surface area contributed by atoms with Crippen LogP contribution in [0.15, 0.2) is 42.5 Å². The molecule has 4 rings (SSSR count). The SMILES string of the molecule is CCN(CC)Cc1cccc([C@]23CCC(N(CCN(C(C)C)C(C)C)C(=O)Nc4ccc(F)c(Cl)c4)CC2C3)c1. The van der Waals surface area contributed by atoms with Crippen molar-refractivity contribution in [2.24, 2.45) is 5.92 Å². The van der Waals surface area contributed by atoms with E-state index in [1.165, 1.54) is 29.7 Å². The van der Waals surface area contributed by atoms with Crippen LogP contribution in [-0.4, -0.2) is 65.0 Å². The molecule has 5 nitrogen and oxygen atoms in total. The summed E-state index contributed by atoms with van der Waals surface area (Å²) in [6.45, 7) is 17.8. The topological polar surface area (TPSA) is 38.8 Å². The lowest BCUT2D eigenvalue weighted by atomic mass is 9.80. The van der Waals surface area contributed by atoms with E-state index in [0.29, 0.717) is 30.2 Å². The minimum Gasteiger partial charge on any atom is -0.320 e. The Morgan fingerprint density at radius 1 is 1.07 bits per heavy atom. The predicted octanol–water partition coefficient (Wildman–Crippen LogP) is 7.78. The molecule has 0 radical (unpaired) electrons. The third kappa shape index (κ3) is 7.00. The molecule has 7 heteroatoms. The van der Waals surface area contributed by atoms with E-state index in [-0.39, 0.29) is 22.5 Å². The van der Waals surface area contributed by atoms with Crippen LogP contribution >= 0.6 is 11.6 Å². The van der Waals surface area contributed by atoms with Crippen LogP contribution in [0.5, 0.6) is 0 Å². The van der Waals surface area contributed by atoms with Crippen molar-refractivity contribution in [2.45, 2.75) is 97.3 Å². The molecule has 1 N–H and O–H groups in total. The van der Waals surface area contributed by atoms with Gasteiger partial charge in [-0.15, -0.1) is 0 Å². The molecular weight excluding hydrogens is 523 g/mol. The average Bonchev–Trinajstić information content (AvgIpc) is 3.66. The van der Waals surface area contributed by atoms with Crippen molar-refractivity contribution in [3.05, 3.63) is 64.4 Å². The molecule has 2 unspecified atom stereocenters. The van der Waals surface area contributed by atoms with Gasteiger partial charge in [-0.2, -0.15) is 0 Å². The van der Waals surface area contributed by atoms with E-state index in [2.05, 4.69) is 80.9 Å². The van der Waals surface area contributed by atoms with Crippen molar-refractivity contribution in [1.82, 2.24) is 14.7 Å². The van der Waals surface area contributed by atoms with Gasteiger partial charge in [0, 0.05) is 43.4 Å². The number of carbonyl (C=O) groups is 1. The molecule has 3 atom stereocenters. The highest BCUT2D eigenvalue weighted by Gasteiger charge is 2.58. The number of anilines is 1. The first-order valence-corrected chi connectivity index (χ1v) is 15.6. The van der Waals surface area contributed by atoms with Crippen molar-refractivity contribution in [2.75, 3.05) is 31.5 Å². The molecule has 2 aliphatic carbocycles. The minimum absolute atomic E-state index is 0.0128. The summed E-state index contributed by atoms with van der Waals surface area (Å²) in [5, 5.41) is 3.02. The fraction of sp³-hybridized carbons (Fsp3) is 0.606. The molecule has 0 aliphatic heterocycles. The molecule has 220 valence electrons. The molecule has 2 amide bonds. The number of fused-ring (bicyclic) bond motifs is 1. The van der Waals surface area contributed by atoms with Gasteiger partial charge in [-0.05, 0) is 107 Å².